The van der Waals surface area contributed by atoms with Crippen molar-refractivity contribution in [3.63, 3.8) is 0 Å². The highest BCUT2D eigenvalue weighted by Gasteiger charge is 2.33. The van der Waals surface area contributed by atoms with Crippen LogP contribution in [0.15, 0.2) is 93.9 Å². The number of nitrogen functional groups attached to an aromatic ring is 1. The molecule has 6 heterocycles. The van der Waals surface area contributed by atoms with Gasteiger partial charge in [-0.2, -0.15) is 15.3 Å². The average Bonchev–Trinajstić information content (AvgIpc) is 3.71. The van der Waals surface area contributed by atoms with Crippen LogP contribution in [0.5, 0.6) is 0 Å². The lowest BCUT2D eigenvalue weighted by Crippen LogP contribution is -2.44. The standard InChI is InChI=1S/C33H36ClN5O3S.C14H18BrN3.C8H8BrN3.C5H11Cl2N.ClH/c1-19-17-24-29(27(20-7-10-22(34)11-8-20)26(19)28(32(40)41)42-33(2,3)4)43-31(35-24)21-9-12-25-23(18-21)30(36-38(25)6)39-15-13-37(5)14-16-39;1-17-7-5-10(6-8-17)14-12-9-11(15)3-4-13(12)18(2)16-14;1-12-7-3-2-5(9)4-6(7)8(10)11-12;1-8(4-2-6)5-3-7;/h7-12,17-18,28H,13-16H2,1-6H3,(H,40,41);3-4,9-10H,5-8H2,1-2H3;2-4H,1H3,(H2,10,11);2-5H2,1H3;1H/t28-;;;;/m0..../s1. The number of aryl methyl sites for hydroxylation is 4. The predicted octanol–water partition coefficient (Wildman–Crippen LogP) is 14.1. The first kappa shape index (κ1) is 65.0. The normalized spacial score (nSPS) is 14.8. The summed E-state index contributed by atoms with van der Waals surface area (Å²) in [6.07, 6.45) is 1.28. The number of fused-ring (bicyclic) bond motifs is 4. The van der Waals surface area contributed by atoms with Crippen molar-refractivity contribution < 1.29 is 14.6 Å². The Kier molecular flexibility index (Phi) is 22.6. The average molecular weight is 1350 g/mol. The van der Waals surface area contributed by atoms with Gasteiger partial charge in [0.05, 0.1) is 38.1 Å². The Balaban J connectivity index is 0.000000201. The van der Waals surface area contributed by atoms with E-state index in [4.69, 9.17) is 60.5 Å². The maximum atomic E-state index is 12.7. The number of ether oxygens (including phenoxy) is 1. The molecule has 2 aliphatic rings. The number of hydrogen-bond donors (Lipinski definition) is 2. The van der Waals surface area contributed by atoms with E-state index in [-0.39, 0.29) is 12.4 Å². The van der Waals surface area contributed by atoms with E-state index in [0.717, 1.165) is 113 Å². The number of alkyl halides is 2. The van der Waals surface area contributed by atoms with Gasteiger partial charge in [-0.3, -0.25) is 14.0 Å². The lowest BCUT2D eigenvalue weighted by Gasteiger charge is -2.32. The minimum atomic E-state index is -1.15. The number of aliphatic carboxylic acids is 1. The Morgan fingerprint density at radius 1 is 0.756 bits per heavy atom. The zero-order valence-corrected chi connectivity index (χ0v) is 55.3. The van der Waals surface area contributed by atoms with Gasteiger partial charge in [0.15, 0.2) is 17.7 Å². The molecule has 11 rings (SSSR count). The Morgan fingerprint density at radius 3 is 1.89 bits per heavy atom. The van der Waals surface area contributed by atoms with Gasteiger partial charge in [-0.25, -0.2) is 9.78 Å². The van der Waals surface area contributed by atoms with E-state index >= 15 is 0 Å². The van der Waals surface area contributed by atoms with Crippen molar-refractivity contribution >= 4 is 151 Å². The smallest absolute Gasteiger partial charge is 0.337 e. The molecule has 0 radical (unpaired) electrons. The van der Waals surface area contributed by atoms with Crippen molar-refractivity contribution in [1.29, 1.82) is 0 Å². The van der Waals surface area contributed by atoms with Gasteiger partial charge in [0.25, 0.3) is 0 Å². The second kappa shape index (κ2) is 28.5. The van der Waals surface area contributed by atoms with Gasteiger partial charge in [-0.05, 0) is 159 Å². The minimum Gasteiger partial charge on any atom is -0.479 e. The third-order valence-corrected chi connectivity index (χ3v) is 17.3. The van der Waals surface area contributed by atoms with E-state index < -0.39 is 17.7 Å². The van der Waals surface area contributed by atoms with Crippen molar-refractivity contribution in [1.82, 2.24) is 49.0 Å². The number of nitrogens with two attached hydrogens (primary N) is 1. The number of aromatic nitrogens is 7. The Hall–Kier alpha value is -4.57. The Morgan fingerprint density at radius 2 is 1.29 bits per heavy atom. The number of piperidine rings is 1. The fourth-order valence-corrected chi connectivity index (χ4v) is 12.9. The Labute approximate surface area is 523 Å². The molecule has 0 bridgehead atoms. The predicted molar refractivity (Wildman–Crippen MR) is 352 cm³/mol. The number of nitrogens with zero attached hydrogens (tertiary/aromatic N) is 11. The first-order chi connectivity index (χ1) is 38.5. The van der Waals surface area contributed by atoms with E-state index in [2.05, 4.69) is 107 Å². The van der Waals surface area contributed by atoms with Crippen LogP contribution >= 0.6 is 90.4 Å². The second-order valence-electron chi connectivity index (χ2n) is 21.9. The number of rotatable bonds is 11. The molecule has 15 nitrogen and oxygen atoms in total. The number of likely N-dealkylation sites (tertiary alicyclic amines) is 1. The lowest BCUT2D eigenvalue weighted by molar-refractivity contribution is -0.160. The summed E-state index contributed by atoms with van der Waals surface area (Å²) in [5, 5.41) is 29.0. The molecule has 0 spiro atoms. The van der Waals surface area contributed by atoms with E-state index in [1.807, 2.05) is 114 Å². The third-order valence-electron chi connectivity index (χ3n) is 14.6. The van der Waals surface area contributed by atoms with Crippen LogP contribution in [0.2, 0.25) is 5.02 Å². The molecular weight excluding hydrogens is 1270 g/mol. The zero-order valence-electron chi connectivity index (χ0n) is 48.2. The van der Waals surface area contributed by atoms with E-state index in [0.29, 0.717) is 34.1 Å². The highest BCUT2D eigenvalue weighted by atomic mass is 79.9. The highest BCUT2D eigenvalue weighted by Crippen LogP contribution is 2.45. The minimum absolute atomic E-state index is 0. The first-order valence-electron chi connectivity index (χ1n) is 27.0. The van der Waals surface area contributed by atoms with Gasteiger partial charge in [-0.1, -0.05) is 55.6 Å². The summed E-state index contributed by atoms with van der Waals surface area (Å²) in [5.74, 6) is 2.53. The van der Waals surface area contributed by atoms with Crippen molar-refractivity contribution in [3.8, 4) is 21.7 Å². The molecule has 82 heavy (non-hydrogen) atoms. The first-order valence-corrected chi connectivity index (χ1v) is 30.9. The van der Waals surface area contributed by atoms with Crippen LogP contribution in [-0.2, 0) is 30.7 Å². The van der Waals surface area contributed by atoms with Gasteiger partial charge in [0.2, 0.25) is 0 Å². The van der Waals surface area contributed by atoms with Crippen molar-refractivity contribution in [2.45, 2.75) is 58.2 Å². The molecule has 2 aliphatic heterocycles. The molecule has 0 aliphatic carbocycles. The number of carboxylic acid groups (broad SMARTS) is 1. The molecule has 5 aromatic carbocycles. The summed E-state index contributed by atoms with van der Waals surface area (Å²) in [6, 6.07) is 28.2. The molecule has 2 fully saturated rings. The molecule has 0 unspecified atom stereocenters. The molecule has 9 aromatic rings. The number of likely N-dealkylation sites (N-methyl/N-ethyl adjacent to an activating group) is 1. The topological polar surface area (TPSA) is 152 Å². The van der Waals surface area contributed by atoms with Gasteiger partial charge < -0.3 is 35.2 Å². The number of carbonyl (C=O) groups is 1. The van der Waals surface area contributed by atoms with Crippen LogP contribution < -0.4 is 10.6 Å². The number of benzene rings is 5. The van der Waals surface area contributed by atoms with Crippen molar-refractivity contribution in [3.05, 3.63) is 116 Å². The maximum absolute atomic E-state index is 12.7. The summed E-state index contributed by atoms with van der Waals surface area (Å²) in [5.41, 5.74) is 14.6. The summed E-state index contributed by atoms with van der Waals surface area (Å²) in [4.78, 5) is 27.0. The molecule has 2 saturated heterocycles. The maximum Gasteiger partial charge on any atom is 0.337 e. The van der Waals surface area contributed by atoms with Gasteiger partial charge >= 0.3 is 5.97 Å². The fourth-order valence-electron chi connectivity index (χ4n) is 10.3. The van der Waals surface area contributed by atoms with Crippen LogP contribution in [0.1, 0.15) is 62.5 Å². The van der Waals surface area contributed by atoms with E-state index in [9.17, 15) is 9.90 Å². The van der Waals surface area contributed by atoms with E-state index in [1.54, 1.807) is 16.0 Å². The quantitative estimate of drug-likeness (QED) is 0.119. The molecule has 0 saturated carbocycles. The number of carboxylic acids is 1. The molecule has 4 aromatic heterocycles. The molecule has 22 heteroatoms. The summed E-state index contributed by atoms with van der Waals surface area (Å²) >= 11 is 25.7. The highest BCUT2D eigenvalue weighted by molar-refractivity contribution is 9.10. The number of hydrogen-bond acceptors (Lipinski definition) is 12. The molecule has 0 amide bonds. The second-order valence-corrected chi connectivity index (χ2v) is 25.9. The monoisotopic (exact) mass is 1340 g/mol. The van der Waals surface area contributed by atoms with Gasteiger partial charge in [0, 0.05) is 125 Å². The van der Waals surface area contributed by atoms with Crippen LogP contribution in [0, 0.1) is 6.92 Å². The molecule has 1 atom stereocenters. The Bertz CT molecular complexity index is 3620. The SMILES string of the molecule is CN(CCCl)CCCl.CN1CCC(c2nn(C)c3ccc(Br)cc23)CC1.Cc1cc2nc(-c3ccc4c(c3)c(N3CCN(C)CC3)nn4C)sc2c(-c2ccc(Cl)cc2)c1[C@H](OC(C)(C)C)C(=O)O.Cl.Cn1nc(N)c2cc(Br)ccc21. The van der Waals surface area contributed by atoms with Gasteiger partial charge in [0.1, 0.15) is 5.01 Å². The summed E-state index contributed by atoms with van der Waals surface area (Å²) in [7, 11) is 12.3. The largest absolute Gasteiger partial charge is 0.479 e. The summed E-state index contributed by atoms with van der Waals surface area (Å²) in [6.45, 7) is 15.6. The van der Waals surface area contributed by atoms with Crippen LogP contribution in [-0.4, -0.2) is 151 Å². The molecule has 3 N–H and O–H groups in total. The van der Waals surface area contributed by atoms with Crippen LogP contribution in [0.3, 0.4) is 0 Å². The van der Waals surface area contributed by atoms with Crippen molar-refractivity contribution in [2.24, 2.45) is 21.1 Å². The lowest BCUT2D eigenvalue weighted by atomic mass is 9.91. The van der Waals surface area contributed by atoms with Crippen LogP contribution in [0.25, 0.3) is 64.6 Å². The number of halogens is 6. The van der Waals surface area contributed by atoms with Crippen molar-refractivity contribution in [2.75, 3.05) is 95.9 Å². The molecule has 440 valence electrons. The number of piperazine rings is 1. The van der Waals surface area contributed by atoms with E-state index in [1.165, 1.54) is 42.5 Å². The fraction of sp³-hybridized carbons (Fsp3) is 0.417. The molecular formula is C60H74Br2Cl4N12O3S. The van der Waals surface area contributed by atoms with Gasteiger partial charge in [-0.15, -0.1) is 46.9 Å². The summed E-state index contributed by atoms with van der Waals surface area (Å²) < 4.78 is 15.0. The zero-order chi connectivity index (χ0) is 58.4. The van der Waals surface area contributed by atoms with Crippen LogP contribution in [0.4, 0.5) is 11.6 Å². The third kappa shape index (κ3) is 15.6. The number of thiazole rings is 1. The number of anilines is 2.